The zero-order chi connectivity index (χ0) is 8.65. The fourth-order valence-corrected chi connectivity index (χ4v) is 1.42. The van der Waals surface area contributed by atoms with Crippen LogP contribution in [0.3, 0.4) is 0 Å². The lowest BCUT2D eigenvalue weighted by atomic mass is 10.1. The Labute approximate surface area is 73.5 Å². The summed E-state index contributed by atoms with van der Waals surface area (Å²) in [5.74, 6) is 0. The van der Waals surface area contributed by atoms with Crippen molar-refractivity contribution in [1.29, 1.82) is 0 Å². The summed E-state index contributed by atoms with van der Waals surface area (Å²) in [6.45, 7) is 2.34. The van der Waals surface area contributed by atoms with Crippen LogP contribution in [0, 0.1) is 0 Å². The molecular weight excluding hydrogens is 157 g/mol. The molecule has 1 rings (SSSR count). The predicted octanol–water partition coefficient (Wildman–Crippen LogP) is 1.50. The molecule has 12 heavy (non-hydrogen) atoms. The number of halogens is 1. The Morgan fingerprint density at radius 2 is 2.33 bits per heavy atom. The van der Waals surface area contributed by atoms with Gasteiger partial charge in [0.25, 0.3) is 0 Å². The van der Waals surface area contributed by atoms with Crippen LogP contribution in [-0.4, -0.2) is 32.5 Å². The molecule has 1 atom stereocenters. The van der Waals surface area contributed by atoms with Crippen molar-refractivity contribution in [2.45, 2.75) is 31.8 Å². The number of hydrogen-bond donors (Lipinski definition) is 1. The molecule has 1 fully saturated rings. The van der Waals surface area contributed by atoms with E-state index in [1.165, 1.54) is 12.8 Å². The van der Waals surface area contributed by atoms with E-state index in [4.69, 9.17) is 4.74 Å². The largest absolute Gasteiger partial charge is 0.377 e. The van der Waals surface area contributed by atoms with Gasteiger partial charge in [0, 0.05) is 13.2 Å². The summed E-state index contributed by atoms with van der Waals surface area (Å²) < 4.78 is 17.2. The summed E-state index contributed by atoms with van der Waals surface area (Å²) >= 11 is 0. The lowest BCUT2D eigenvalue weighted by Gasteiger charge is -2.22. The van der Waals surface area contributed by atoms with Crippen molar-refractivity contribution >= 4 is 0 Å². The molecule has 0 aromatic rings. The maximum Gasteiger partial charge on any atom is 0.0906 e. The predicted molar refractivity (Wildman–Crippen MR) is 47.1 cm³/mol. The Morgan fingerprint density at radius 3 is 3.00 bits per heavy atom. The molecule has 0 bridgehead atoms. The van der Waals surface area contributed by atoms with Crippen LogP contribution in [0.2, 0.25) is 0 Å². The minimum atomic E-state index is -0.224. The number of alkyl halides is 1. The molecule has 1 aliphatic rings. The molecule has 3 heteroatoms. The second-order valence-corrected chi connectivity index (χ2v) is 3.24. The van der Waals surface area contributed by atoms with Gasteiger partial charge in [-0.15, -0.1) is 0 Å². The molecule has 0 aromatic heterocycles. The molecular formula is C9H18FNO. The molecule has 1 heterocycles. The van der Waals surface area contributed by atoms with Gasteiger partial charge in [-0.05, 0) is 32.2 Å². The maximum absolute atomic E-state index is 11.7. The fraction of sp³-hybridized carbons (Fsp3) is 1.00. The number of ether oxygens (including phenoxy) is 1. The molecule has 0 spiro atoms. The number of rotatable bonds is 5. The zero-order valence-corrected chi connectivity index (χ0v) is 7.52. The highest BCUT2D eigenvalue weighted by Gasteiger charge is 2.12. The van der Waals surface area contributed by atoms with Gasteiger partial charge in [0.2, 0.25) is 0 Å². The minimum absolute atomic E-state index is 0.224. The van der Waals surface area contributed by atoms with E-state index in [1.54, 1.807) is 0 Å². The molecule has 0 radical (unpaired) electrons. The first-order valence-corrected chi connectivity index (χ1v) is 4.82. The molecule has 0 aliphatic carbocycles. The third-order valence-electron chi connectivity index (χ3n) is 2.13. The van der Waals surface area contributed by atoms with Crippen LogP contribution in [0.5, 0.6) is 0 Å². The standard InChI is InChI=1S/C9H18FNO/c10-5-3-6-11-8-9-4-1-2-7-12-9/h9,11H,1-8H2. The summed E-state index contributed by atoms with van der Waals surface area (Å²) in [4.78, 5) is 0. The average molecular weight is 175 g/mol. The Kier molecular flexibility index (Phi) is 5.28. The zero-order valence-electron chi connectivity index (χ0n) is 7.52. The van der Waals surface area contributed by atoms with E-state index in [-0.39, 0.29) is 6.67 Å². The summed E-state index contributed by atoms with van der Waals surface area (Å²) in [5, 5.41) is 3.19. The Morgan fingerprint density at radius 1 is 1.42 bits per heavy atom. The van der Waals surface area contributed by atoms with Crippen molar-refractivity contribution in [2.75, 3.05) is 26.4 Å². The molecule has 0 saturated carbocycles. The lowest BCUT2D eigenvalue weighted by molar-refractivity contribution is 0.0170. The normalized spacial score (nSPS) is 24.2. The van der Waals surface area contributed by atoms with Crippen molar-refractivity contribution in [3.63, 3.8) is 0 Å². The van der Waals surface area contributed by atoms with Crippen LogP contribution < -0.4 is 5.32 Å². The molecule has 1 N–H and O–H groups in total. The van der Waals surface area contributed by atoms with Crippen molar-refractivity contribution in [2.24, 2.45) is 0 Å². The first-order chi connectivity index (χ1) is 5.93. The summed E-state index contributed by atoms with van der Waals surface area (Å²) in [7, 11) is 0. The second kappa shape index (κ2) is 6.38. The topological polar surface area (TPSA) is 21.3 Å². The van der Waals surface area contributed by atoms with Gasteiger partial charge in [0.1, 0.15) is 0 Å². The van der Waals surface area contributed by atoms with E-state index in [0.717, 1.165) is 26.1 Å². The van der Waals surface area contributed by atoms with E-state index < -0.39 is 0 Å². The van der Waals surface area contributed by atoms with Crippen molar-refractivity contribution in [1.82, 2.24) is 5.32 Å². The summed E-state index contributed by atoms with van der Waals surface area (Å²) in [6.07, 6.45) is 4.62. The molecule has 1 saturated heterocycles. The SMILES string of the molecule is FCCCNCC1CCCCO1. The Hall–Kier alpha value is -0.150. The quantitative estimate of drug-likeness (QED) is 0.639. The monoisotopic (exact) mass is 175 g/mol. The van der Waals surface area contributed by atoms with Gasteiger partial charge >= 0.3 is 0 Å². The molecule has 0 amide bonds. The van der Waals surface area contributed by atoms with Crippen LogP contribution in [0.4, 0.5) is 4.39 Å². The average Bonchev–Trinajstić information content (AvgIpc) is 2.14. The molecule has 2 nitrogen and oxygen atoms in total. The maximum atomic E-state index is 11.7. The lowest BCUT2D eigenvalue weighted by Crippen LogP contribution is -2.32. The number of nitrogens with one attached hydrogen (secondary N) is 1. The highest BCUT2D eigenvalue weighted by Crippen LogP contribution is 2.11. The molecule has 72 valence electrons. The fourth-order valence-electron chi connectivity index (χ4n) is 1.42. The first-order valence-electron chi connectivity index (χ1n) is 4.82. The minimum Gasteiger partial charge on any atom is -0.377 e. The van der Waals surface area contributed by atoms with Crippen LogP contribution in [0.15, 0.2) is 0 Å². The van der Waals surface area contributed by atoms with E-state index in [0.29, 0.717) is 12.5 Å². The van der Waals surface area contributed by atoms with Gasteiger partial charge in [-0.2, -0.15) is 0 Å². The van der Waals surface area contributed by atoms with E-state index in [1.807, 2.05) is 0 Å². The van der Waals surface area contributed by atoms with Gasteiger partial charge in [0.15, 0.2) is 0 Å². The van der Waals surface area contributed by atoms with Crippen molar-refractivity contribution in [3.05, 3.63) is 0 Å². The Balaban J connectivity index is 1.91. The van der Waals surface area contributed by atoms with Crippen molar-refractivity contribution < 1.29 is 9.13 Å². The van der Waals surface area contributed by atoms with Crippen LogP contribution in [0.25, 0.3) is 0 Å². The highest BCUT2D eigenvalue weighted by atomic mass is 19.1. The third kappa shape index (κ3) is 4.02. The van der Waals surface area contributed by atoms with Gasteiger partial charge in [-0.3, -0.25) is 4.39 Å². The summed E-state index contributed by atoms with van der Waals surface area (Å²) in [5.41, 5.74) is 0. The second-order valence-electron chi connectivity index (χ2n) is 3.24. The third-order valence-corrected chi connectivity index (χ3v) is 2.13. The van der Waals surface area contributed by atoms with Gasteiger partial charge in [0.05, 0.1) is 12.8 Å². The Bertz CT molecular complexity index is 105. The van der Waals surface area contributed by atoms with E-state index in [9.17, 15) is 4.39 Å². The summed E-state index contributed by atoms with van der Waals surface area (Å²) in [6, 6.07) is 0. The number of hydrogen-bond acceptors (Lipinski definition) is 2. The molecule has 0 aromatic carbocycles. The first kappa shape index (κ1) is 9.93. The van der Waals surface area contributed by atoms with E-state index >= 15 is 0 Å². The smallest absolute Gasteiger partial charge is 0.0906 e. The van der Waals surface area contributed by atoms with Gasteiger partial charge in [-0.25, -0.2) is 0 Å². The van der Waals surface area contributed by atoms with Crippen LogP contribution >= 0.6 is 0 Å². The van der Waals surface area contributed by atoms with Gasteiger partial charge < -0.3 is 10.1 Å². The van der Waals surface area contributed by atoms with Crippen molar-refractivity contribution in [3.8, 4) is 0 Å². The molecule has 1 aliphatic heterocycles. The van der Waals surface area contributed by atoms with Crippen LogP contribution in [-0.2, 0) is 4.74 Å². The molecule has 1 unspecified atom stereocenters. The highest BCUT2D eigenvalue weighted by molar-refractivity contribution is 4.65. The van der Waals surface area contributed by atoms with Crippen LogP contribution in [0.1, 0.15) is 25.7 Å². The van der Waals surface area contributed by atoms with E-state index in [2.05, 4.69) is 5.32 Å². The van der Waals surface area contributed by atoms with Gasteiger partial charge in [-0.1, -0.05) is 0 Å².